The van der Waals surface area contributed by atoms with Crippen LogP contribution in [0.4, 0.5) is 40.8 Å². The summed E-state index contributed by atoms with van der Waals surface area (Å²) in [7, 11) is 0. The summed E-state index contributed by atoms with van der Waals surface area (Å²) >= 11 is 5.83. The van der Waals surface area contributed by atoms with Crippen LogP contribution in [0.5, 0.6) is 0 Å². The molecule has 33 heavy (non-hydrogen) atoms. The summed E-state index contributed by atoms with van der Waals surface area (Å²) in [6.07, 6.45) is -12.3. The van der Waals surface area contributed by atoms with Crippen molar-refractivity contribution in [1.29, 1.82) is 0 Å². The van der Waals surface area contributed by atoms with Crippen molar-refractivity contribution in [3.8, 4) is 0 Å². The van der Waals surface area contributed by atoms with Crippen LogP contribution < -0.4 is 5.32 Å². The van der Waals surface area contributed by atoms with E-state index in [9.17, 15) is 44.7 Å². The first-order chi connectivity index (χ1) is 15.0. The zero-order chi connectivity index (χ0) is 25.4. The normalized spacial score (nSPS) is 12.5. The first-order valence-electron chi connectivity index (χ1n) is 8.69. The van der Waals surface area contributed by atoms with Crippen molar-refractivity contribution < 1.29 is 49.4 Å². The second-order valence-corrected chi connectivity index (χ2v) is 6.69. The second kappa shape index (κ2) is 9.08. The van der Waals surface area contributed by atoms with Crippen LogP contribution in [0.1, 0.15) is 44.9 Å². The number of benzene rings is 1. The highest BCUT2D eigenvalue weighted by atomic mass is 35.5. The highest BCUT2D eigenvalue weighted by Crippen LogP contribution is 2.48. The van der Waals surface area contributed by atoms with Crippen LogP contribution in [-0.2, 0) is 16.8 Å². The number of esters is 1. The van der Waals surface area contributed by atoms with E-state index in [1.54, 1.807) is 0 Å². The third-order valence-electron chi connectivity index (χ3n) is 3.89. The Morgan fingerprint density at radius 3 is 2.18 bits per heavy atom. The van der Waals surface area contributed by atoms with Crippen molar-refractivity contribution in [3.63, 3.8) is 0 Å². The van der Waals surface area contributed by atoms with Crippen molar-refractivity contribution in [2.45, 2.75) is 32.1 Å². The highest BCUT2D eigenvalue weighted by molar-refractivity contribution is 6.33. The molecular weight excluding hydrogens is 494 g/mol. The molecule has 180 valence electrons. The molecule has 0 aliphatic carbocycles. The molecule has 1 aromatic heterocycles. The topological polar surface area (TPSA) is 81.2 Å². The maximum atomic E-state index is 13.8. The number of alkyl halides is 8. The van der Waals surface area contributed by atoms with Gasteiger partial charge in [0.1, 0.15) is 22.8 Å². The van der Waals surface area contributed by atoms with Gasteiger partial charge in [-0.3, -0.25) is 4.79 Å². The Morgan fingerprint density at radius 2 is 1.67 bits per heavy atom. The Bertz CT molecular complexity index is 1090. The van der Waals surface area contributed by atoms with Crippen molar-refractivity contribution in [3.05, 3.63) is 51.6 Å². The van der Waals surface area contributed by atoms with Crippen LogP contribution in [0.15, 0.2) is 18.2 Å². The van der Waals surface area contributed by atoms with E-state index in [0.717, 1.165) is 25.1 Å². The van der Waals surface area contributed by atoms with Gasteiger partial charge in [0.05, 0.1) is 17.2 Å². The molecule has 2 rings (SSSR count). The van der Waals surface area contributed by atoms with Crippen LogP contribution in [0.2, 0.25) is 5.02 Å². The molecule has 0 fully saturated rings. The molecule has 15 heteroatoms. The third kappa shape index (κ3) is 5.49. The minimum Gasteiger partial charge on any atom is -0.462 e. The molecule has 0 saturated heterocycles. The van der Waals surface area contributed by atoms with Crippen LogP contribution in [0, 0.1) is 6.92 Å². The van der Waals surface area contributed by atoms with Crippen LogP contribution in [0.25, 0.3) is 0 Å². The maximum Gasteiger partial charge on any atom is 0.459 e. The number of aromatic nitrogens is 2. The van der Waals surface area contributed by atoms with Crippen molar-refractivity contribution in [2.24, 2.45) is 0 Å². The number of nitrogens with zero attached hydrogens (tertiary/aromatic N) is 2. The molecule has 0 atom stereocenters. The monoisotopic (exact) mass is 505 g/mol. The van der Waals surface area contributed by atoms with Gasteiger partial charge in [-0.25, -0.2) is 14.8 Å². The largest absolute Gasteiger partial charge is 0.462 e. The van der Waals surface area contributed by atoms with Crippen molar-refractivity contribution in [2.75, 3.05) is 11.9 Å². The van der Waals surface area contributed by atoms with Crippen LogP contribution >= 0.6 is 11.6 Å². The van der Waals surface area contributed by atoms with Gasteiger partial charge in [0.2, 0.25) is 0 Å². The van der Waals surface area contributed by atoms with Gasteiger partial charge in [-0.05, 0) is 32.0 Å². The van der Waals surface area contributed by atoms with Crippen LogP contribution in [-0.4, -0.2) is 34.6 Å². The Labute approximate surface area is 184 Å². The number of hydrogen-bond donors (Lipinski definition) is 1. The number of hydrogen-bond acceptors (Lipinski definition) is 5. The Kier molecular flexibility index (Phi) is 7.21. The quantitative estimate of drug-likeness (QED) is 0.426. The Balaban J connectivity index is 2.63. The smallest absolute Gasteiger partial charge is 0.459 e. The summed E-state index contributed by atoms with van der Waals surface area (Å²) in [5.74, 6) is -9.73. The molecule has 0 bridgehead atoms. The van der Waals surface area contributed by atoms with Gasteiger partial charge >= 0.3 is 24.2 Å². The van der Waals surface area contributed by atoms with Gasteiger partial charge in [0.15, 0.2) is 0 Å². The van der Waals surface area contributed by atoms with E-state index in [4.69, 9.17) is 16.3 Å². The van der Waals surface area contributed by atoms with Gasteiger partial charge in [-0.1, -0.05) is 11.6 Å². The first kappa shape index (κ1) is 26.2. The maximum absolute atomic E-state index is 13.8. The summed E-state index contributed by atoms with van der Waals surface area (Å²) in [5.41, 5.74) is -7.80. The summed E-state index contributed by atoms with van der Waals surface area (Å²) < 4.78 is 111. The number of ether oxygens (including phenoxy) is 1. The molecule has 0 radical (unpaired) electrons. The minimum atomic E-state index is -6.44. The van der Waals surface area contributed by atoms with Crippen molar-refractivity contribution in [1.82, 2.24) is 9.97 Å². The zero-order valence-electron chi connectivity index (χ0n) is 16.5. The van der Waals surface area contributed by atoms with Gasteiger partial charge < -0.3 is 10.1 Å². The van der Waals surface area contributed by atoms with E-state index in [0.29, 0.717) is 0 Å². The lowest BCUT2D eigenvalue weighted by Gasteiger charge is -2.24. The number of amides is 1. The number of nitrogens with one attached hydrogen (secondary N) is 1. The second-order valence-electron chi connectivity index (χ2n) is 6.28. The molecule has 1 N–H and O–H groups in total. The number of carbonyl (C=O) groups excluding carboxylic acids is 2. The average molecular weight is 506 g/mol. The number of aryl methyl sites for hydroxylation is 1. The molecule has 0 saturated carbocycles. The number of rotatable bonds is 5. The predicted octanol–water partition coefficient (Wildman–Crippen LogP) is 5.54. The van der Waals surface area contributed by atoms with Gasteiger partial charge in [0, 0.05) is 5.69 Å². The molecule has 1 amide bonds. The van der Waals surface area contributed by atoms with E-state index in [-0.39, 0.29) is 22.9 Å². The molecule has 1 heterocycles. The van der Waals surface area contributed by atoms with E-state index < -0.39 is 52.9 Å². The number of anilines is 1. The lowest BCUT2D eigenvalue weighted by atomic mass is 10.0. The SMILES string of the molecule is CCOC(=O)c1cc(NC(=O)c2nc(C)nc(C(F)(F)C(F)(F)F)c2C(F)(F)F)ccc1Cl. The summed E-state index contributed by atoms with van der Waals surface area (Å²) in [6, 6.07) is 3.02. The molecular formula is C18H12ClF8N3O3. The van der Waals surface area contributed by atoms with Gasteiger partial charge in [-0.15, -0.1) is 0 Å². The zero-order valence-corrected chi connectivity index (χ0v) is 17.2. The average Bonchev–Trinajstić information content (AvgIpc) is 2.67. The molecule has 0 spiro atoms. The number of carbonyl (C=O) groups is 2. The van der Waals surface area contributed by atoms with E-state index >= 15 is 0 Å². The van der Waals surface area contributed by atoms with Gasteiger partial charge in [0.25, 0.3) is 5.91 Å². The summed E-state index contributed by atoms with van der Waals surface area (Å²) in [5, 5.41) is 1.71. The van der Waals surface area contributed by atoms with Gasteiger partial charge in [-0.2, -0.15) is 35.1 Å². The lowest BCUT2D eigenvalue weighted by molar-refractivity contribution is -0.292. The highest BCUT2D eigenvalue weighted by Gasteiger charge is 2.63. The van der Waals surface area contributed by atoms with Crippen LogP contribution in [0.3, 0.4) is 0 Å². The first-order valence-corrected chi connectivity index (χ1v) is 9.07. The lowest BCUT2D eigenvalue weighted by Crippen LogP contribution is -2.38. The fourth-order valence-corrected chi connectivity index (χ4v) is 2.72. The minimum absolute atomic E-state index is 0.0584. The Morgan fingerprint density at radius 1 is 1.06 bits per heavy atom. The fourth-order valence-electron chi connectivity index (χ4n) is 2.53. The molecule has 0 aliphatic rings. The molecule has 0 aliphatic heterocycles. The van der Waals surface area contributed by atoms with Crippen molar-refractivity contribution >= 4 is 29.2 Å². The molecule has 2 aromatic rings. The standard InChI is InChI=1S/C18H12ClF8N3O3/c1-3-33-15(32)9-6-8(4-5-10(9)19)30-14(31)12-11(17(22,23)24)13(29-7(2)28-12)16(20,21)18(25,26)27/h4-6H,3H2,1-2H3,(H,30,31). The Hall–Kier alpha value is -3.03. The van der Waals surface area contributed by atoms with E-state index in [1.807, 2.05) is 5.32 Å². The molecule has 0 unspecified atom stereocenters. The number of halogens is 9. The molecule has 1 aromatic carbocycles. The van der Waals surface area contributed by atoms with E-state index in [2.05, 4.69) is 9.97 Å². The predicted molar refractivity (Wildman–Crippen MR) is 97.1 cm³/mol. The molecule has 6 nitrogen and oxygen atoms in total. The fraction of sp³-hybridized carbons (Fsp3) is 0.333. The summed E-state index contributed by atoms with van der Waals surface area (Å²) in [4.78, 5) is 30.1. The third-order valence-corrected chi connectivity index (χ3v) is 4.22. The van der Waals surface area contributed by atoms with E-state index in [1.165, 1.54) is 6.92 Å². The summed E-state index contributed by atoms with van der Waals surface area (Å²) in [6.45, 7) is 2.15.